The largest absolute Gasteiger partial charge is 0.352 e. The molecule has 2 aromatic rings. The number of rotatable bonds is 6. The molecule has 1 aliphatic heterocycles. The molecule has 4 rings (SSSR count). The van der Waals surface area contributed by atoms with Crippen LogP contribution in [0, 0.1) is 0 Å². The Bertz CT molecular complexity index is 738. The third-order valence-corrected chi connectivity index (χ3v) is 4.92. The summed E-state index contributed by atoms with van der Waals surface area (Å²) in [5, 5.41) is 11.3. The summed E-state index contributed by atoms with van der Waals surface area (Å²) in [6.45, 7) is 2.98. The molecule has 2 atom stereocenters. The highest BCUT2D eigenvalue weighted by atomic mass is 16.2. The molecule has 2 unspecified atom stereocenters. The van der Waals surface area contributed by atoms with Crippen molar-refractivity contribution in [3.8, 4) is 0 Å². The molecule has 6 heteroatoms. The number of hydrogen-bond donors (Lipinski definition) is 2. The van der Waals surface area contributed by atoms with Gasteiger partial charge in [-0.15, -0.1) is 0 Å². The van der Waals surface area contributed by atoms with Crippen LogP contribution in [-0.2, 0) is 17.8 Å². The van der Waals surface area contributed by atoms with Crippen molar-refractivity contribution >= 4 is 5.91 Å². The molecule has 0 spiro atoms. The van der Waals surface area contributed by atoms with Crippen LogP contribution in [0.5, 0.6) is 0 Å². The minimum absolute atomic E-state index is 0.0525. The van der Waals surface area contributed by atoms with Gasteiger partial charge in [-0.2, -0.15) is 5.10 Å². The monoisotopic (exact) mass is 339 g/mol. The van der Waals surface area contributed by atoms with E-state index in [2.05, 4.69) is 27.6 Å². The SMILES string of the molecule is CCc1nc2n(n1)CCCC2NC(C(=O)NC1CC1)c1ccccc1. The van der Waals surface area contributed by atoms with E-state index in [1.807, 2.05) is 35.0 Å². The Morgan fingerprint density at radius 2 is 2.08 bits per heavy atom. The molecular formula is C19H25N5O. The van der Waals surface area contributed by atoms with Crippen molar-refractivity contribution in [1.29, 1.82) is 0 Å². The molecular weight excluding hydrogens is 314 g/mol. The number of aromatic nitrogens is 3. The summed E-state index contributed by atoms with van der Waals surface area (Å²) in [6.07, 6.45) is 5.03. The van der Waals surface area contributed by atoms with Crippen molar-refractivity contribution < 1.29 is 4.79 Å². The third kappa shape index (κ3) is 3.58. The highest BCUT2D eigenvalue weighted by molar-refractivity contribution is 5.83. The van der Waals surface area contributed by atoms with Crippen LogP contribution in [0.1, 0.15) is 61.9 Å². The van der Waals surface area contributed by atoms with Crippen molar-refractivity contribution in [2.45, 2.75) is 63.7 Å². The normalized spacial score (nSPS) is 20.8. The van der Waals surface area contributed by atoms with Gasteiger partial charge < -0.3 is 5.32 Å². The van der Waals surface area contributed by atoms with Crippen LogP contribution in [0.3, 0.4) is 0 Å². The maximum absolute atomic E-state index is 12.8. The van der Waals surface area contributed by atoms with E-state index < -0.39 is 0 Å². The molecule has 1 aliphatic carbocycles. The van der Waals surface area contributed by atoms with Gasteiger partial charge in [-0.25, -0.2) is 9.67 Å². The van der Waals surface area contributed by atoms with Crippen molar-refractivity contribution in [2.75, 3.05) is 0 Å². The molecule has 25 heavy (non-hydrogen) atoms. The van der Waals surface area contributed by atoms with Gasteiger partial charge in [0.25, 0.3) is 0 Å². The van der Waals surface area contributed by atoms with Crippen molar-refractivity contribution in [3.63, 3.8) is 0 Å². The fraction of sp³-hybridized carbons (Fsp3) is 0.526. The van der Waals surface area contributed by atoms with E-state index in [0.29, 0.717) is 6.04 Å². The first-order valence-electron chi connectivity index (χ1n) is 9.29. The first-order valence-corrected chi connectivity index (χ1v) is 9.29. The van der Waals surface area contributed by atoms with Crippen LogP contribution < -0.4 is 10.6 Å². The Morgan fingerprint density at radius 3 is 2.80 bits per heavy atom. The highest BCUT2D eigenvalue weighted by Gasteiger charge is 2.32. The number of fused-ring (bicyclic) bond motifs is 1. The number of amides is 1. The lowest BCUT2D eigenvalue weighted by Gasteiger charge is -2.28. The molecule has 1 saturated carbocycles. The average molecular weight is 339 g/mol. The molecule has 2 aliphatic rings. The Labute approximate surface area is 148 Å². The van der Waals surface area contributed by atoms with E-state index in [1.165, 1.54) is 0 Å². The van der Waals surface area contributed by atoms with Gasteiger partial charge in [0.2, 0.25) is 5.91 Å². The lowest BCUT2D eigenvalue weighted by molar-refractivity contribution is -0.123. The summed E-state index contributed by atoms with van der Waals surface area (Å²) in [5.41, 5.74) is 0.994. The standard InChI is InChI=1S/C19H25N5O/c1-2-16-22-18-15(9-6-12-24(18)23-16)21-17(13-7-4-3-5-8-13)19(25)20-14-10-11-14/h3-5,7-8,14-15,17,21H,2,6,9-12H2,1H3,(H,20,25). The van der Waals surface area contributed by atoms with Crippen LogP contribution in [0.15, 0.2) is 30.3 Å². The predicted octanol–water partition coefficient (Wildman–Crippen LogP) is 2.28. The molecule has 0 bridgehead atoms. The summed E-state index contributed by atoms with van der Waals surface area (Å²) in [7, 11) is 0. The summed E-state index contributed by atoms with van der Waals surface area (Å²) >= 11 is 0. The second-order valence-corrected chi connectivity index (χ2v) is 6.95. The van der Waals surface area contributed by atoms with E-state index in [-0.39, 0.29) is 18.0 Å². The first-order chi connectivity index (χ1) is 12.2. The smallest absolute Gasteiger partial charge is 0.241 e. The molecule has 1 amide bonds. The fourth-order valence-corrected chi connectivity index (χ4v) is 3.39. The lowest BCUT2D eigenvalue weighted by Crippen LogP contribution is -2.41. The summed E-state index contributed by atoms with van der Waals surface area (Å²) in [4.78, 5) is 17.5. The number of carbonyl (C=O) groups excluding carboxylic acids is 1. The van der Waals surface area contributed by atoms with Crippen LogP contribution in [0.2, 0.25) is 0 Å². The second kappa shape index (κ2) is 6.96. The highest BCUT2D eigenvalue weighted by Crippen LogP contribution is 2.28. The zero-order valence-electron chi connectivity index (χ0n) is 14.6. The van der Waals surface area contributed by atoms with Gasteiger partial charge in [0.05, 0.1) is 6.04 Å². The molecule has 6 nitrogen and oxygen atoms in total. The minimum Gasteiger partial charge on any atom is -0.352 e. The molecule has 0 radical (unpaired) electrons. The molecule has 132 valence electrons. The first kappa shape index (κ1) is 16.3. The van der Waals surface area contributed by atoms with Crippen LogP contribution >= 0.6 is 0 Å². The van der Waals surface area contributed by atoms with Crippen LogP contribution in [0.25, 0.3) is 0 Å². The lowest BCUT2D eigenvalue weighted by atomic mass is 10.0. The van der Waals surface area contributed by atoms with E-state index in [4.69, 9.17) is 0 Å². The van der Waals surface area contributed by atoms with Crippen molar-refractivity contribution in [2.24, 2.45) is 0 Å². The Balaban J connectivity index is 1.58. The molecule has 1 aromatic heterocycles. The molecule has 2 heterocycles. The number of nitrogens with zero attached hydrogens (tertiary/aromatic N) is 3. The zero-order valence-corrected chi connectivity index (χ0v) is 14.6. The maximum atomic E-state index is 12.8. The summed E-state index contributed by atoms with van der Waals surface area (Å²) in [6, 6.07) is 9.99. The van der Waals surface area contributed by atoms with E-state index in [0.717, 1.165) is 55.9 Å². The number of nitrogens with one attached hydrogen (secondary N) is 2. The average Bonchev–Trinajstić information content (AvgIpc) is 3.34. The number of carbonyl (C=O) groups is 1. The quantitative estimate of drug-likeness (QED) is 0.847. The maximum Gasteiger partial charge on any atom is 0.241 e. The number of aryl methyl sites for hydroxylation is 2. The van der Waals surface area contributed by atoms with Crippen molar-refractivity contribution in [1.82, 2.24) is 25.4 Å². The predicted molar refractivity (Wildman–Crippen MR) is 94.9 cm³/mol. The van der Waals surface area contributed by atoms with Gasteiger partial charge in [-0.3, -0.25) is 10.1 Å². The van der Waals surface area contributed by atoms with Crippen molar-refractivity contribution in [3.05, 3.63) is 47.5 Å². The van der Waals surface area contributed by atoms with Gasteiger partial charge in [0.1, 0.15) is 11.9 Å². The van der Waals surface area contributed by atoms with E-state index >= 15 is 0 Å². The second-order valence-electron chi connectivity index (χ2n) is 6.95. The van der Waals surface area contributed by atoms with Gasteiger partial charge in [-0.1, -0.05) is 37.3 Å². The molecule has 1 aromatic carbocycles. The summed E-state index contributed by atoms with van der Waals surface area (Å²) in [5.74, 6) is 1.90. The summed E-state index contributed by atoms with van der Waals surface area (Å²) < 4.78 is 2.00. The van der Waals surface area contributed by atoms with E-state index in [1.54, 1.807) is 0 Å². The topological polar surface area (TPSA) is 71.8 Å². The van der Waals surface area contributed by atoms with Crippen LogP contribution in [-0.4, -0.2) is 26.7 Å². The van der Waals surface area contributed by atoms with Gasteiger partial charge in [0, 0.05) is 19.0 Å². The zero-order chi connectivity index (χ0) is 17.2. The van der Waals surface area contributed by atoms with Gasteiger partial charge in [-0.05, 0) is 31.2 Å². The molecule has 0 saturated heterocycles. The van der Waals surface area contributed by atoms with Gasteiger partial charge >= 0.3 is 0 Å². The Kier molecular flexibility index (Phi) is 4.53. The third-order valence-electron chi connectivity index (χ3n) is 4.92. The fourth-order valence-electron chi connectivity index (χ4n) is 3.39. The van der Waals surface area contributed by atoms with E-state index in [9.17, 15) is 4.79 Å². The Hall–Kier alpha value is -2.21. The molecule has 1 fully saturated rings. The Morgan fingerprint density at radius 1 is 1.28 bits per heavy atom. The van der Waals surface area contributed by atoms with Gasteiger partial charge in [0.15, 0.2) is 5.82 Å². The number of hydrogen-bond acceptors (Lipinski definition) is 4. The number of benzene rings is 1. The minimum atomic E-state index is -0.361. The van der Waals surface area contributed by atoms with Crippen LogP contribution in [0.4, 0.5) is 0 Å². The molecule has 2 N–H and O–H groups in total.